The Labute approximate surface area is 398 Å². The lowest BCUT2D eigenvalue weighted by Gasteiger charge is -2.49. The number of rotatable bonds is 12. The molecule has 0 aromatic heterocycles. The molecule has 0 aromatic rings. The Morgan fingerprint density at radius 2 is 0.971 bits per heavy atom. The Kier molecular flexibility index (Phi) is 19.7. The van der Waals surface area contributed by atoms with Crippen molar-refractivity contribution in [2.75, 3.05) is 6.66 Å². The number of fused-ring (bicyclic) bond motifs is 2. The predicted octanol–water partition coefficient (Wildman–Crippen LogP) is 12.2. The maximum absolute atomic E-state index is 13.1. The molecule has 4 aliphatic rings. The molecule has 6 nitrogen and oxygen atoms in total. The smallest absolute Gasteiger partial charge is 0.393 e. The highest BCUT2D eigenvalue weighted by atomic mass is 31.0. The lowest BCUT2D eigenvalue weighted by atomic mass is 9.56. The summed E-state index contributed by atoms with van der Waals surface area (Å²) in [7, 11) is 0.333. The van der Waals surface area contributed by atoms with E-state index in [0.717, 1.165) is 37.5 Å². The molecule has 4 saturated carbocycles. The largest absolute Gasteiger partial charge is 0.438 e. The third kappa shape index (κ3) is 14.2. The van der Waals surface area contributed by atoms with Crippen LogP contribution < -0.4 is 0 Å². The summed E-state index contributed by atoms with van der Waals surface area (Å²) in [6.07, 6.45) is -15.3. The van der Waals surface area contributed by atoms with Crippen molar-refractivity contribution in [2.24, 2.45) is 45.3 Å². The van der Waals surface area contributed by atoms with E-state index in [1.54, 1.807) is 34.6 Å². The standard InChI is InChI=1S/C24H36F6O3.C24H34F6O3.CH5P/c2*1-19(2,32)11-6-12-20(3,13-7-15-22(33,23(25,26)27)24(28,29)30)18-10-9-16-17(31)8-5-14-21(16,18)4;1-2/h16-18,31-33H,5-6,8-14H2,1-4H3;16,18,32-33H,5-6,8-14H2,1-4H3;2H2,1H3/t16?,17-,18+,20+,21-;16?,18-,20-,21+;/m01./s1/i;;2D. The molecule has 396 valence electrons. The molecule has 0 aromatic carbocycles. The van der Waals surface area contributed by atoms with Crippen LogP contribution in [0.3, 0.4) is 0 Å². The number of hydrogen-bond acceptors (Lipinski definition) is 6. The molecular weight excluding hydrogens is 943 g/mol. The van der Waals surface area contributed by atoms with Gasteiger partial charge in [-0.1, -0.05) is 65.5 Å². The van der Waals surface area contributed by atoms with Crippen molar-refractivity contribution in [2.45, 2.75) is 224 Å². The second-order valence-electron chi connectivity index (χ2n) is 22.2. The topological polar surface area (TPSA) is 118 Å². The van der Waals surface area contributed by atoms with Gasteiger partial charge in [0.1, 0.15) is 5.78 Å². The highest BCUT2D eigenvalue weighted by Crippen LogP contribution is 2.63. The van der Waals surface area contributed by atoms with E-state index in [4.69, 9.17) is 1.28 Å². The number of hydrogen-bond donors (Lipinski definition) is 5. The number of halogens is 12. The van der Waals surface area contributed by atoms with Crippen LogP contribution in [0.4, 0.5) is 52.7 Å². The van der Waals surface area contributed by atoms with E-state index in [-0.39, 0.29) is 47.7 Å². The number of carbonyl (C=O) groups excluding carboxylic acids is 1. The molecule has 3 unspecified atom stereocenters. The molecule has 10 atom stereocenters. The van der Waals surface area contributed by atoms with Crippen LogP contribution in [0, 0.1) is 69.0 Å². The molecular formula is C49H75F12O6P. The van der Waals surface area contributed by atoms with Crippen molar-refractivity contribution in [3.05, 3.63) is 0 Å². The average Bonchev–Trinajstić information content (AvgIpc) is 3.71. The van der Waals surface area contributed by atoms with Gasteiger partial charge in [-0.3, -0.25) is 4.79 Å². The fourth-order valence-corrected chi connectivity index (χ4v) is 12.3. The van der Waals surface area contributed by atoms with Gasteiger partial charge in [-0.2, -0.15) is 52.7 Å². The van der Waals surface area contributed by atoms with Crippen molar-refractivity contribution in [1.29, 1.82) is 1.28 Å². The van der Waals surface area contributed by atoms with E-state index >= 15 is 0 Å². The molecule has 0 amide bonds. The van der Waals surface area contributed by atoms with Gasteiger partial charge < -0.3 is 25.5 Å². The third-order valence-corrected chi connectivity index (χ3v) is 15.9. The highest BCUT2D eigenvalue weighted by Gasteiger charge is 2.71. The SMILES string of the molecule is CC(C)(O)CCC[C@](C)(CC#CC(O)(C(F)(F)F)C(F)(F)F)[C@H]1CCC2C(=O)CCC[C@@]21C.CC(C)(O)CCC[C@](C)(CC#CC(O)(C(F)(F)F)C(F)(F)F)[C@H]1CCC2[C@@H](O)CCC[C@@]21C.[2H]PC. The monoisotopic (exact) mass is 1020 g/mol. The van der Waals surface area contributed by atoms with Crippen LogP contribution in [0.5, 0.6) is 0 Å². The van der Waals surface area contributed by atoms with E-state index in [1.807, 2.05) is 26.4 Å². The average molecular weight is 1020 g/mol. The Morgan fingerprint density at radius 1 is 0.603 bits per heavy atom. The molecule has 0 saturated heterocycles. The van der Waals surface area contributed by atoms with Gasteiger partial charge in [0, 0.05) is 25.2 Å². The van der Waals surface area contributed by atoms with E-state index in [9.17, 15) is 83.0 Å². The zero-order chi connectivity index (χ0) is 53.7. The van der Waals surface area contributed by atoms with Gasteiger partial charge in [0.2, 0.25) is 0 Å². The van der Waals surface area contributed by atoms with Crippen LogP contribution in [0.1, 0.15) is 171 Å². The van der Waals surface area contributed by atoms with Crippen LogP contribution in [0.15, 0.2) is 0 Å². The van der Waals surface area contributed by atoms with Gasteiger partial charge >= 0.3 is 35.9 Å². The highest BCUT2D eigenvalue weighted by molar-refractivity contribution is 7.15. The minimum absolute atomic E-state index is 0.0279. The van der Waals surface area contributed by atoms with Crippen LogP contribution in [-0.2, 0) is 4.79 Å². The molecule has 0 radical (unpaired) electrons. The number of ketones is 1. The molecule has 0 heterocycles. The quantitative estimate of drug-likeness (QED) is 0.0755. The molecule has 68 heavy (non-hydrogen) atoms. The van der Waals surface area contributed by atoms with E-state index < -0.39 is 69.5 Å². The number of aliphatic hydroxyl groups is 5. The summed E-state index contributed by atoms with van der Waals surface area (Å²) < 4.78 is 163. The fraction of sp³-hybridized carbons (Fsp3) is 0.898. The zero-order valence-corrected chi connectivity index (χ0v) is 41.8. The van der Waals surface area contributed by atoms with Crippen LogP contribution in [-0.4, -0.2) is 92.5 Å². The lowest BCUT2D eigenvalue weighted by Crippen LogP contribution is -2.55. The summed E-state index contributed by atoms with van der Waals surface area (Å²) in [6.45, 7) is 16.0. The third-order valence-electron chi connectivity index (χ3n) is 15.9. The molecule has 0 bridgehead atoms. The Hall–Kier alpha value is -1.82. The Bertz CT molecular complexity index is 1790. The normalized spacial score (nSPS) is 29.4. The Morgan fingerprint density at radius 3 is 1.35 bits per heavy atom. The fourth-order valence-electron chi connectivity index (χ4n) is 12.3. The molecule has 19 heteroatoms. The first kappa shape index (κ1) is 60.5. The molecule has 4 aliphatic carbocycles. The minimum atomic E-state index is -5.99. The van der Waals surface area contributed by atoms with Crippen LogP contribution in [0.25, 0.3) is 0 Å². The summed E-state index contributed by atoms with van der Waals surface area (Å²) in [5.41, 5.74) is -14.3. The van der Waals surface area contributed by atoms with Gasteiger partial charge in [0.25, 0.3) is 0 Å². The molecule has 0 aliphatic heterocycles. The number of Topliss-reactive ketones (excluding diaryl/α,β-unsaturated/α-hetero) is 1. The Balaban J connectivity index is 0.000000448. The molecule has 4 rings (SSSR count). The summed E-state index contributed by atoms with van der Waals surface area (Å²) >= 11 is 0. The van der Waals surface area contributed by atoms with Crippen molar-refractivity contribution in [3.63, 3.8) is 0 Å². The minimum Gasteiger partial charge on any atom is -0.393 e. The van der Waals surface area contributed by atoms with E-state index in [2.05, 4.69) is 12.8 Å². The van der Waals surface area contributed by atoms with E-state index in [0.29, 0.717) is 86.2 Å². The maximum Gasteiger partial charge on any atom is 0.438 e. The molecule has 0 spiro atoms. The summed E-state index contributed by atoms with van der Waals surface area (Å²) in [6, 6.07) is 0. The summed E-state index contributed by atoms with van der Waals surface area (Å²) in [5.74, 6) is 6.15. The van der Waals surface area contributed by atoms with Gasteiger partial charge in [0.05, 0.1) is 18.6 Å². The first-order valence-corrected chi connectivity index (χ1v) is 24.4. The molecule has 5 N–H and O–H groups in total. The van der Waals surface area contributed by atoms with Gasteiger partial charge in [-0.05, 0) is 156 Å². The van der Waals surface area contributed by atoms with Crippen molar-refractivity contribution >= 4 is 15.0 Å². The first-order valence-electron chi connectivity index (χ1n) is 23.9. The summed E-state index contributed by atoms with van der Waals surface area (Å²) in [5, 5.41) is 49.5. The van der Waals surface area contributed by atoms with Gasteiger partial charge in [0.15, 0.2) is 0 Å². The number of alkyl halides is 12. The first-order chi connectivity index (χ1) is 31.0. The van der Waals surface area contributed by atoms with Gasteiger partial charge in [-0.25, -0.2) is 0 Å². The van der Waals surface area contributed by atoms with Crippen molar-refractivity contribution in [1.82, 2.24) is 0 Å². The lowest BCUT2D eigenvalue weighted by molar-refractivity contribution is -0.344. The van der Waals surface area contributed by atoms with Crippen molar-refractivity contribution in [3.8, 4) is 23.7 Å². The predicted molar refractivity (Wildman–Crippen MR) is 238 cm³/mol. The maximum atomic E-state index is 13.1. The molecule has 4 fully saturated rings. The second-order valence-corrected chi connectivity index (χ2v) is 22.2. The number of carbonyl (C=O) groups is 1. The number of aliphatic hydroxyl groups excluding tert-OH is 1. The second kappa shape index (κ2) is 22.1. The van der Waals surface area contributed by atoms with Crippen LogP contribution in [0.2, 0.25) is 0 Å². The van der Waals surface area contributed by atoms with Crippen LogP contribution >= 0.6 is 9.18 Å². The van der Waals surface area contributed by atoms with Gasteiger partial charge in [-0.15, -0.1) is 9.18 Å². The van der Waals surface area contributed by atoms with Crippen molar-refractivity contribution < 1.29 is 83.0 Å². The summed E-state index contributed by atoms with van der Waals surface area (Å²) in [4.78, 5) is 12.5. The van der Waals surface area contributed by atoms with E-state index in [1.165, 1.54) is 0 Å². The zero-order valence-electron chi connectivity index (χ0n) is 41.8.